The van der Waals surface area contributed by atoms with E-state index in [-0.39, 0.29) is 30.7 Å². The Balaban J connectivity index is 0.00000242. The number of benzene rings is 1. The molecule has 7 heteroatoms. The van der Waals surface area contributed by atoms with Gasteiger partial charge in [-0.25, -0.2) is 0 Å². The highest BCUT2D eigenvalue weighted by Crippen LogP contribution is 2.13. The maximum absolute atomic E-state index is 12.1. The molecule has 0 saturated carbocycles. The van der Waals surface area contributed by atoms with Crippen LogP contribution in [0.15, 0.2) is 24.3 Å². The monoisotopic (exact) mass is 381 g/mol. The highest BCUT2D eigenvalue weighted by atomic mass is 35.5. The molecular formula is C16H26Cl3N3O. The van der Waals surface area contributed by atoms with E-state index in [1.165, 1.54) is 5.56 Å². The largest absolute Gasteiger partial charge is 0.341 e. The van der Waals surface area contributed by atoms with E-state index >= 15 is 0 Å². The Morgan fingerprint density at radius 3 is 2.48 bits per heavy atom. The van der Waals surface area contributed by atoms with Gasteiger partial charge in [-0.1, -0.05) is 23.7 Å². The first kappa shape index (κ1) is 22.5. The molecule has 1 heterocycles. The average molecular weight is 383 g/mol. The lowest BCUT2D eigenvalue weighted by atomic mass is 10.2. The number of hydrogen-bond donors (Lipinski definition) is 1. The van der Waals surface area contributed by atoms with Crippen LogP contribution in [0.25, 0.3) is 0 Å². The molecule has 0 atom stereocenters. The molecule has 1 aromatic rings. The number of amides is 1. The second-order valence-electron chi connectivity index (χ2n) is 5.49. The summed E-state index contributed by atoms with van der Waals surface area (Å²) >= 11 is 5.91. The van der Waals surface area contributed by atoms with Crippen molar-refractivity contribution in [2.45, 2.75) is 19.4 Å². The first-order valence-electron chi connectivity index (χ1n) is 7.58. The summed E-state index contributed by atoms with van der Waals surface area (Å²) in [7, 11) is 1.88. The van der Waals surface area contributed by atoms with Gasteiger partial charge in [0.2, 0.25) is 5.91 Å². The van der Waals surface area contributed by atoms with Crippen LogP contribution < -0.4 is 5.32 Å². The minimum Gasteiger partial charge on any atom is -0.341 e. The van der Waals surface area contributed by atoms with Crippen molar-refractivity contribution in [1.29, 1.82) is 0 Å². The van der Waals surface area contributed by atoms with Gasteiger partial charge in [-0.2, -0.15) is 0 Å². The van der Waals surface area contributed by atoms with Crippen LogP contribution >= 0.6 is 36.4 Å². The van der Waals surface area contributed by atoms with Crippen LogP contribution in [-0.2, 0) is 11.3 Å². The molecule has 4 nitrogen and oxygen atoms in total. The smallest absolute Gasteiger partial charge is 0.223 e. The van der Waals surface area contributed by atoms with Crippen LogP contribution in [0.4, 0.5) is 0 Å². The van der Waals surface area contributed by atoms with Crippen LogP contribution in [-0.4, -0.2) is 55.5 Å². The lowest BCUT2D eigenvalue weighted by Gasteiger charge is -2.22. The SMILES string of the molecule is CNCCC(=O)N1CCCN(Cc2ccc(Cl)cc2)CC1.Cl.Cl. The van der Waals surface area contributed by atoms with Gasteiger partial charge in [0.1, 0.15) is 0 Å². The first-order valence-corrected chi connectivity index (χ1v) is 7.96. The summed E-state index contributed by atoms with van der Waals surface area (Å²) in [6.07, 6.45) is 1.63. The van der Waals surface area contributed by atoms with Gasteiger partial charge in [0.05, 0.1) is 0 Å². The third-order valence-electron chi connectivity index (χ3n) is 3.85. The van der Waals surface area contributed by atoms with Gasteiger partial charge in [0.15, 0.2) is 0 Å². The zero-order valence-corrected chi connectivity index (χ0v) is 15.9. The number of nitrogens with zero attached hydrogens (tertiary/aromatic N) is 2. The number of carbonyl (C=O) groups excluding carboxylic acids is 1. The number of carbonyl (C=O) groups is 1. The molecule has 1 fully saturated rings. The Hall–Kier alpha value is -0.520. The molecular weight excluding hydrogens is 357 g/mol. The van der Waals surface area contributed by atoms with E-state index in [0.717, 1.165) is 50.7 Å². The second kappa shape index (κ2) is 11.9. The fourth-order valence-electron chi connectivity index (χ4n) is 2.62. The van der Waals surface area contributed by atoms with Crippen molar-refractivity contribution in [3.8, 4) is 0 Å². The molecule has 0 bridgehead atoms. The fraction of sp³-hybridized carbons (Fsp3) is 0.562. The molecule has 1 saturated heterocycles. The molecule has 0 unspecified atom stereocenters. The van der Waals surface area contributed by atoms with Gasteiger partial charge in [-0.3, -0.25) is 9.69 Å². The van der Waals surface area contributed by atoms with Crippen LogP contribution in [0.3, 0.4) is 0 Å². The summed E-state index contributed by atoms with van der Waals surface area (Å²) in [6, 6.07) is 8.01. The fourth-order valence-corrected chi connectivity index (χ4v) is 2.74. The Morgan fingerprint density at radius 1 is 1.13 bits per heavy atom. The Labute approximate surface area is 156 Å². The second-order valence-corrected chi connectivity index (χ2v) is 5.93. The zero-order chi connectivity index (χ0) is 15.1. The highest BCUT2D eigenvalue weighted by Gasteiger charge is 2.18. The minimum absolute atomic E-state index is 0. The lowest BCUT2D eigenvalue weighted by Crippen LogP contribution is -2.36. The van der Waals surface area contributed by atoms with Gasteiger partial charge in [0.25, 0.3) is 0 Å². The number of rotatable bonds is 5. The van der Waals surface area contributed by atoms with E-state index in [0.29, 0.717) is 6.42 Å². The van der Waals surface area contributed by atoms with Crippen LogP contribution in [0, 0.1) is 0 Å². The molecule has 1 amide bonds. The van der Waals surface area contributed by atoms with Crippen molar-refractivity contribution in [2.24, 2.45) is 0 Å². The Morgan fingerprint density at radius 2 is 1.83 bits per heavy atom. The van der Waals surface area contributed by atoms with E-state index in [1.54, 1.807) is 0 Å². The summed E-state index contributed by atoms with van der Waals surface area (Å²) in [5.41, 5.74) is 1.27. The molecule has 0 radical (unpaired) electrons. The summed E-state index contributed by atoms with van der Waals surface area (Å²) in [5.74, 6) is 0.262. The van der Waals surface area contributed by atoms with Crippen molar-refractivity contribution in [1.82, 2.24) is 15.1 Å². The zero-order valence-electron chi connectivity index (χ0n) is 13.5. The predicted molar refractivity (Wildman–Crippen MR) is 101 cm³/mol. The quantitative estimate of drug-likeness (QED) is 0.850. The Kier molecular flexibility index (Phi) is 11.7. The molecule has 0 aliphatic carbocycles. The standard InChI is InChI=1S/C16H24ClN3O.2ClH/c1-18-8-7-16(21)20-10-2-9-19(11-12-20)13-14-3-5-15(17)6-4-14;;/h3-6,18H,2,7-13H2,1H3;2*1H. The van der Waals surface area contributed by atoms with Crippen LogP contribution in [0.5, 0.6) is 0 Å². The highest BCUT2D eigenvalue weighted by molar-refractivity contribution is 6.30. The van der Waals surface area contributed by atoms with Gasteiger partial charge in [0, 0.05) is 50.7 Å². The third-order valence-corrected chi connectivity index (χ3v) is 4.10. The van der Waals surface area contributed by atoms with E-state index in [1.807, 2.05) is 24.1 Å². The topological polar surface area (TPSA) is 35.6 Å². The van der Waals surface area contributed by atoms with Crippen molar-refractivity contribution in [3.05, 3.63) is 34.9 Å². The summed E-state index contributed by atoms with van der Waals surface area (Å²) in [4.78, 5) is 16.5. The normalized spacial score (nSPS) is 15.3. The van der Waals surface area contributed by atoms with E-state index in [2.05, 4.69) is 22.3 Å². The van der Waals surface area contributed by atoms with Crippen molar-refractivity contribution >= 4 is 42.3 Å². The number of halogens is 3. The molecule has 1 aromatic carbocycles. The third kappa shape index (κ3) is 7.73. The molecule has 132 valence electrons. The molecule has 1 N–H and O–H groups in total. The molecule has 0 aromatic heterocycles. The summed E-state index contributed by atoms with van der Waals surface area (Å²) in [5, 5.41) is 3.80. The average Bonchev–Trinajstić information content (AvgIpc) is 2.73. The van der Waals surface area contributed by atoms with Crippen molar-refractivity contribution in [3.63, 3.8) is 0 Å². The van der Waals surface area contributed by atoms with Crippen molar-refractivity contribution < 1.29 is 4.79 Å². The summed E-state index contributed by atoms with van der Waals surface area (Å²) in [6.45, 7) is 5.36. The molecule has 23 heavy (non-hydrogen) atoms. The van der Waals surface area contributed by atoms with E-state index in [9.17, 15) is 4.79 Å². The van der Waals surface area contributed by atoms with E-state index < -0.39 is 0 Å². The molecule has 2 rings (SSSR count). The van der Waals surface area contributed by atoms with Gasteiger partial charge < -0.3 is 10.2 Å². The summed E-state index contributed by atoms with van der Waals surface area (Å²) < 4.78 is 0. The molecule has 1 aliphatic heterocycles. The molecule has 0 spiro atoms. The molecule has 1 aliphatic rings. The maximum Gasteiger partial charge on any atom is 0.223 e. The van der Waals surface area contributed by atoms with Gasteiger partial charge >= 0.3 is 0 Å². The first-order chi connectivity index (χ1) is 10.2. The van der Waals surface area contributed by atoms with Gasteiger partial charge in [-0.05, 0) is 31.2 Å². The van der Waals surface area contributed by atoms with E-state index in [4.69, 9.17) is 11.6 Å². The maximum atomic E-state index is 12.1. The number of hydrogen-bond acceptors (Lipinski definition) is 3. The Bertz CT molecular complexity index is 456. The number of nitrogens with one attached hydrogen (secondary N) is 1. The predicted octanol–water partition coefficient (Wildman–Crippen LogP) is 2.83. The van der Waals surface area contributed by atoms with Gasteiger partial charge in [-0.15, -0.1) is 24.8 Å². The van der Waals surface area contributed by atoms with Crippen molar-refractivity contribution in [2.75, 3.05) is 39.8 Å². The minimum atomic E-state index is 0. The van der Waals surface area contributed by atoms with Crippen LogP contribution in [0.2, 0.25) is 5.02 Å². The lowest BCUT2D eigenvalue weighted by molar-refractivity contribution is -0.130. The van der Waals surface area contributed by atoms with Crippen LogP contribution in [0.1, 0.15) is 18.4 Å².